The molecule has 0 aliphatic rings. The molecule has 0 fully saturated rings. The van der Waals surface area contributed by atoms with Crippen molar-refractivity contribution in [3.05, 3.63) is 29.6 Å². The minimum Gasteiger partial charge on any atom is -0.505 e. The van der Waals surface area contributed by atoms with Crippen molar-refractivity contribution < 1.29 is 14.3 Å². The van der Waals surface area contributed by atoms with E-state index in [0.29, 0.717) is 12.0 Å². The quantitative estimate of drug-likeness (QED) is 0.574. The van der Waals surface area contributed by atoms with Crippen LogP contribution in [0.15, 0.2) is 18.2 Å². The van der Waals surface area contributed by atoms with E-state index in [2.05, 4.69) is 6.92 Å². The van der Waals surface area contributed by atoms with Crippen molar-refractivity contribution in [2.24, 2.45) is 0 Å². The number of unbranched alkanes of at least 4 members (excludes halogenated alkanes) is 4. The molecular formula is C14H19FO2. The van der Waals surface area contributed by atoms with Crippen LogP contribution in [0.3, 0.4) is 0 Å². The van der Waals surface area contributed by atoms with E-state index in [1.807, 2.05) is 0 Å². The van der Waals surface area contributed by atoms with Gasteiger partial charge in [-0.2, -0.15) is 0 Å². The van der Waals surface area contributed by atoms with Crippen LogP contribution in [0.25, 0.3) is 0 Å². The fourth-order valence-electron chi connectivity index (χ4n) is 1.71. The van der Waals surface area contributed by atoms with Crippen molar-refractivity contribution >= 4 is 5.78 Å². The third-order valence-electron chi connectivity index (χ3n) is 2.78. The second kappa shape index (κ2) is 7.05. The maximum absolute atomic E-state index is 13.0. The van der Waals surface area contributed by atoms with E-state index in [1.165, 1.54) is 25.0 Å². The van der Waals surface area contributed by atoms with Gasteiger partial charge in [-0.25, -0.2) is 4.39 Å². The lowest BCUT2D eigenvalue weighted by Gasteiger charge is -2.02. The summed E-state index contributed by atoms with van der Waals surface area (Å²) in [5, 5.41) is 9.01. The molecule has 0 aliphatic carbocycles. The Hall–Kier alpha value is -1.38. The second-order valence-electron chi connectivity index (χ2n) is 4.25. The molecule has 1 rings (SSSR count). The first-order valence-corrected chi connectivity index (χ1v) is 6.17. The van der Waals surface area contributed by atoms with Crippen LogP contribution in [-0.4, -0.2) is 10.9 Å². The fourth-order valence-corrected chi connectivity index (χ4v) is 1.71. The van der Waals surface area contributed by atoms with Crippen LogP contribution >= 0.6 is 0 Å². The van der Waals surface area contributed by atoms with E-state index in [9.17, 15) is 9.18 Å². The lowest BCUT2D eigenvalue weighted by molar-refractivity contribution is 0.0978. The molecule has 0 heterocycles. The third-order valence-corrected chi connectivity index (χ3v) is 2.78. The number of rotatable bonds is 7. The van der Waals surface area contributed by atoms with Gasteiger partial charge in [-0.1, -0.05) is 32.6 Å². The molecule has 94 valence electrons. The third kappa shape index (κ3) is 4.55. The van der Waals surface area contributed by atoms with Crippen molar-refractivity contribution in [1.29, 1.82) is 0 Å². The minimum atomic E-state index is -0.734. The van der Waals surface area contributed by atoms with Gasteiger partial charge < -0.3 is 5.11 Å². The van der Waals surface area contributed by atoms with E-state index in [0.717, 1.165) is 25.3 Å². The number of Topliss-reactive ketones (excluding diaryl/α,β-unsaturated/α-hetero) is 1. The van der Waals surface area contributed by atoms with Crippen LogP contribution in [0, 0.1) is 5.82 Å². The average Bonchev–Trinajstić information content (AvgIpc) is 2.32. The maximum Gasteiger partial charge on any atom is 0.165 e. The number of benzene rings is 1. The number of hydrogen-bond acceptors (Lipinski definition) is 2. The topological polar surface area (TPSA) is 37.3 Å². The van der Waals surface area contributed by atoms with E-state index in [-0.39, 0.29) is 5.78 Å². The van der Waals surface area contributed by atoms with Gasteiger partial charge in [-0.3, -0.25) is 4.79 Å². The molecular weight excluding hydrogens is 219 g/mol. The second-order valence-corrected chi connectivity index (χ2v) is 4.25. The molecule has 0 aliphatic heterocycles. The Morgan fingerprint density at radius 3 is 2.59 bits per heavy atom. The van der Waals surface area contributed by atoms with Crippen LogP contribution in [0.5, 0.6) is 5.75 Å². The number of aromatic hydroxyl groups is 1. The molecule has 3 heteroatoms. The Morgan fingerprint density at radius 1 is 1.24 bits per heavy atom. The van der Waals surface area contributed by atoms with Crippen LogP contribution in [0.1, 0.15) is 55.8 Å². The van der Waals surface area contributed by atoms with Crippen molar-refractivity contribution in [3.8, 4) is 5.75 Å². The average molecular weight is 238 g/mol. The lowest BCUT2D eigenvalue weighted by Crippen LogP contribution is -1.99. The fraction of sp³-hybridized carbons (Fsp3) is 0.500. The number of hydrogen-bond donors (Lipinski definition) is 1. The van der Waals surface area contributed by atoms with Crippen LogP contribution in [-0.2, 0) is 0 Å². The van der Waals surface area contributed by atoms with Crippen molar-refractivity contribution in [1.82, 2.24) is 0 Å². The Bertz CT molecular complexity index is 374. The van der Waals surface area contributed by atoms with Gasteiger partial charge >= 0.3 is 0 Å². The molecule has 0 spiro atoms. The normalized spacial score (nSPS) is 10.5. The first-order chi connectivity index (χ1) is 8.15. The van der Waals surface area contributed by atoms with Crippen LogP contribution in [0.2, 0.25) is 0 Å². The smallest absolute Gasteiger partial charge is 0.165 e. The molecule has 0 atom stereocenters. The standard InChI is InChI=1S/C14H19FO2/c1-2-3-4-5-6-7-13(16)11-8-9-14(17)12(15)10-11/h8-10,17H,2-7H2,1H3. The summed E-state index contributed by atoms with van der Waals surface area (Å²) in [6, 6.07) is 3.79. The molecule has 0 bridgehead atoms. The Kier molecular flexibility index (Phi) is 5.67. The highest BCUT2D eigenvalue weighted by Crippen LogP contribution is 2.18. The van der Waals surface area contributed by atoms with Gasteiger partial charge in [0.1, 0.15) is 0 Å². The van der Waals surface area contributed by atoms with E-state index >= 15 is 0 Å². The van der Waals surface area contributed by atoms with Crippen LogP contribution < -0.4 is 0 Å². The zero-order valence-corrected chi connectivity index (χ0v) is 10.2. The Morgan fingerprint density at radius 2 is 1.94 bits per heavy atom. The largest absolute Gasteiger partial charge is 0.505 e. The predicted molar refractivity (Wildman–Crippen MR) is 65.8 cm³/mol. The van der Waals surface area contributed by atoms with Crippen molar-refractivity contribution in [3.63, 3.8) is 0 Å². The number of carbonyl (C=O) groups excluding carboxylic acids is 1. The Labute approximate surface area is 101 Å². The lowest BCUT2D eigenvalue weighted by atomic mass is 10.0. The first kappa shape index (κ1) is 13.7. The molecule has 1 N–H and O–H groups in total. The molecule has 0 radical (unpaired) electrons. The summed E-state index contributed by atoms with van der Waals surface area (Å²) in [7, 11) is 0. The zero-order valence-electron chi connectivity index (χ0n) is 10.2. The molecule has 17 heavy (non-hydrogen) atoms. The van der Waals surface area contributed by atoms with Gasteiger partial charge in [0, 0.05) is 12.0 Å². The minimum absolute atomic E-state index is 0.0552. The highest BCUT2D eigenvalue weighted by molar-refractivity contribution is 5.96. The predicted octanol–water partition coefficient (Wildman–Crippen LogP) is 4.07. The number of phenolic OH excluding ortho intramolecular Hbond substituents is 1. The van der Waals surface area contributed by atoms with Gasteiger partial charge in [-0.05, 0) is 24.6 Å². The zero-order chi connectivity index (χ0) is 12.7. The summed E-state index contributed by atoms with van der Waals surface area (Å²) in [6.07, 6.45) is 5.86. The number of ketones is 1. The number of phenols is 1. The molecule has 0 saturated carbocycles. The summed E-state index contributed by atoms with van der Waals surface area (Å²) in [5.41, 5.74) is 0.343. The first-order valence-electron chi connectivity index (χ1n) is 6.17. The summed E-state index contributed by atoms with van der Waals surface area (Å²) in [6.45, 7) is 2.14. The molecule has 0 amide bonds. The van der Waals surface area contributed by atoms with E-state index < -0.39 is 11.6 Å². The molecule has 2 nitrogen and oxygen atoms in total. The highest BCUT2D eigenvalue weighted by atomic mass is 19.1. The van der Waals surface area contributed by atoms with Gasteiger partial charge in [0.2, 0.25) is 0 Å². The highest BCUT2D eigenvalue weighted by Gasteiger charge is 2.08. The summed E-state index contributed by atoms with van der Waals surface area (Å²) in [5.74, 6) is -1.20. The molecule has 1 aromatic rings. The monoisotopic (exact) mass is 238 g/mol. The summed E-state index contributed by atoms with van der Waals surface area (Å²) in [4.78, 5) is 11.7. The van der Waals surface area contributed by atoms with E-state index in [4.69, 9.17) is 5.11 Å². The van der Waals surface area contributed by atoms with E-state index in [1.54, 1.807) is 0 Å². The summed E-state index contributed by atoms with van der Waals surface area (Å²) >= 11 is 0. The van der Waals surface area contributed by atoms with Crippen molar-refractivity contribution in [2.45, 2.75) is 45.4 Å². The van der Waals surface area contributed by atoms with Crippen LogP contribution in [0.4, 0.5) is 4.39 Å². The SMILES string of the molecule is CCCCCCCC(=O)c1ccc(O)c(F)c1. The van der Waals surface area contributed by atoms with Gasteiger partial charge in [0.25, 0.3) is 0 Å². The number of carbonyl (C=O) groups is 1. The maximum atomic E-state index is 13.0. The Balaban J connectivity index is 2.39. The molecule has 0 aromatic heterocycles. The summed E-state index contributed by atoms with van der Waals surface area (Å²) < 4.78 is 13.0. The molecule has 0 unspecified atom stereocenters. The van der Waals surface area contributed by atoms with Gasteiger partial charge in [0.15, 0.2) is 17.3 Å². The molecule has 1 aromatic carbocycles. The number of halogens is 1. The van der Waals surface area contributed by atoms with Gasteiger partial charge in [0.05, 0.1) is 0 Å². The van der Waals surface area contributed by atoms with Crippen molar-refractivity contribution in [2.75, 3.05) is 0 Å². The van der Waals surface area contributed by atoms with Gasteiger partial charge in [-0.15, -0.1) is 0 Å². The molecule has 0 saturated heterocycles.